The zero-order valence-electron chi connectivity index (χ0n) is 19.8. The highest BCUT2D eigenvalue weighted by Gasteiger charge is 2.49. The first-order chi connectivity index (χ1) is 14.3. The van der Waals surface area contributed by atoms with Crippen molar-refractivity contribution < 1.29 is 9.90 Å². The summed E-state index contributed by atoms with van der Waals surface area (Å²) in [4.78, 5) is 11.3. The predicted octanol–water partition coefficient (Wildman–Crippen LogP) is 7.95. The van der Waals surface area contributed by atoms with E-state index in [-0.39, 0.29) is 5.41 Å². The Labute approximate surface area is 184 Å². The third-order valence-corrected chi connectivity index (χ3v) is 8.05. The first kappa shape index (κ1) is 23.4. The topological polar surface area (TPSA) is 37.3 Å². The summed E-state index contributed by atoms with van der Waals surface area (Å²) in [6.07, 6.45) is 19.7. The van der Waals surface area contributed by atoms with Crippen molar-refractivity contribution in [3.8, 4) is 0 Å². The van der Waals surface area contributed by atoms with Crippen LogP contribution in [0.1, 0.15) is 119 Å². The molecule has 2 saturated carbocycles. The first-order valence-electron chi connectivity index (χ1n) is 12.7. The summed E-state index contributed by atoms with van der Waals surface area (Å²) in [6, 6.07) is 4.88. The van der Waals surface area contributed by atoms with Crippen molar-refractivity contribution in [3.63, 3.8) is 0 Å². The number of carboxylic acids is 1. The molecule has 0 unspecified atom stereocenters. The van der Waals surface area contributed by atoms with E-state index in [1.807, 2.05) is 0 Å². The van der Waals surface area contributed by atoms with Crippen molar-refractivity contribution in [2.45, 2.75) is 124 Å². The van der Waals surface area contributed by atoms with Gasteiger partial charge in [-0.1, -0.05) is 57.6 Å². The fraction of sp³-hybridized carbons (Fsp3) is 0.750. The molecule has 0 saturated heterocycles. The summed E-state index contributed by atoms with van der Waals surface area (Å²) < 4.78 is 0. The Morgan fingerprint density at radius 1 is 0.767 bits per heavy atom. The summed E-state index contributed by atoms with van der Waals surface area (Å²) in [7, 11) is 0. The zero-order valence-corrected chi connectivity index (χ0v) is 19.8. The SMILES string of the molecule is Cc1cc(CCCCCCC2(C)CC2)c(CCCCCCC2(C(=O)O)CC2)cc1C. The Balaban J connectivity index is 1.35. The summed E-state index contributed by atoms with van der Waals surface area (Å²) in [5.41, 5.74) is 6.37. The lowest BCUT2D eigenvalue weighted by molar-refractivity contribution is -0.143. The van der Waals surface area contributed by atoms with Crippen molar-refractivity contribution in [1.82, 2.24) is 0 Å². The molecule has 0 radical (unpaired) electrons. The van der Waals surface area contributed by atoms with Gasteiger partial charge in [-0.05, 0) is 106 Å². The molecule has 3 rings (SSSR count). The minimum Gasteiger partial charge on any atom is -0.481 e. The monoisotopic (exact) mass is 412 g/mol. The third kappa shape index (κ3) is 6.86. The van der Waals surface area contributed by atoms with Crippen molar-refractivity contribution in [2.75, 3.05) is 0 Å². The van der Waals surface area contributed by atoms with E-state index in [1.54, 1.807) is 11.1 Å². The van der Waals surface area contributed by atoms with Gasteiger partial charge >= 0.3 is 5.97 Å². The van der Waals surface area contributed by atoms with Crippen LogP contribution in [0.2, 0.25) is 0 Å². The molecule has 0 atom stereocenters. The van der Waals surface area contributed by atoms with Crippen LogP contribution in [0.15, 0.2) is 12.1 Å². The van der Waals surface area contributed by atoms with Gasteiger partial charge in [-0.3, -0.25) is 4.79 Å². The molecule has 0 bridgehead atoms. The second kappa shape index (κ2) is 10.3. The molecule has 2 aliphatic rings. The number of aryl methyl sites for hydroxylation is 4. The molecule has 2 aliphatic carbocycles. The van der Waals surface area contributed by atoms with Gasteiger partial charge in [0.25, 0.3) is 0 Å². The van der Waals surface area contributed by atoms with E-state index in [0.717, 1.165) is 25.7 Å². The first-order valence-corrected chi connectivity index (χ1v) is 12.7. The predicted molar refractivity (Wildman–Crippen MR) is 126 cm³/mol. The maximum absolute atomic E-state index is 11.3. The van der Waals surface area contributed by atoms with E-state index >= 15 is 0 Å². The van der Waals surface area contributed by atoms with Crippen LogP contribution in [0.4, 0.5) is 0 Å². The molecule has 30 heavy (non-hydrogen) atoms. The molecule has 2 heteroatoms. The highest BCUT2D eigenvalue weighted by Crippen LogP contribution is 2.50. The highest BCUT2D eigenvalue weighted by atomic mass is 16.4. The minimum absolute atomic E-state index is 0.336. The maximum atomic E-state index is 11.3. The quantitative estimate of drug-likeness (QED) is 0.297. The van der Waals surface area contributed by atoms with Crippen LogP contribution < -0.4 is 0 Å². The van der Waals surface area contributed by atoms with Crippen LogP contribution in [0, 0.1) is 24.7 Å². The fourth-order valence-electron chi connectivity index (χ4n) is 4.94. The van der Waals surface area contributed by atoms with Crippen LogP contribution in [-0.2, 0) is 17.6 Å². The molecule has 0 spiro atoms. The van der Waals surface area contributed by atoms with E-state index in [4.69, 9.17) is 0 Å². The molecule has 1 aromatic carbocycles. The van der Waals surface area contributed by atoms with Crippen LogP contribution in [0.5, 0.6) is 0 Å². The van der Waals surface area contributed by atoms with Crippen LogP contribution in [-0.4, -0.2) is 11.1 Å². The molecule has 0 aromatic heterocycles. The molecule has 0 amide bonds. The van der Waals surface area contributed by atoms with Gasteiger partial charge < -0.3 is 5.11 Å². The molecule has 2 fully saturated rings. The van der Waals surface area contributed by atoms with Crippen molar-refractivity contribution in [2.24, 2.45) is 10.8 Å². The number of benzene rings is 1. The van der Waals surface area contributed by atoms with Crippen LogP contribution in [0.3, 0.4) is 0 Å². The van der Waals surface area contributed by atoms with Gasteiger partial charge in [0.05, 0.1) is 5.41 Å². The van der Waals surface area contributed by atoms with E-state index < -0.39 is 5.97 Å². The normalized spacial score (nSPS) is 18.4. The Morgan fingerprint density at radius 3 is 1.67 bits per heavy atom. The Hall–Kier alpha value is -1.31. The number of aliphatic carboxylic acids is 1. The standard InChI is InChI=1S/C28H44O2/c1-22-20-24(12-8-4-6-10-14-27(3)16-17-27)25(21-23(22)2)13-9-5-7-11-15-28(18-19-28)26(29)30/h20-21H,4-19H2,1-3H3,(H,29,30). The third-order valence-electron chi connectivity index (χ3n) is 8.05. The number of carboxylic acid groups (broad SMARTS) is 1. The van der Waals surface area contributed by atoms with Gasteiger partial charge in [-0.25, -0.2) is 0 Å². The number of hydrogen-bond donors (Lipinski definition) is 1. The second-order valence-electron chi connectivity index (χ2n) is 10.9. The summed E-state index contributed by atoms with van der Waals surface area (Å²) >= 11 is 0. The van der Waals surface area contributed by atoms with Gasteiger partial charge in [0, 0.05) is 0 Å². The van der Waals surface area contributed by atoms with Gasteiger partial charge in [0.2, 0.25) is 0 Å². The van der Waals surface area contributed by atoms with Crippen LogP contribution >= 0.6 is 0 Å². The molecule has 1 aromatic rings. The molecule has 0 aliphatic heterocycles. The summed E-state index contributed by atoms with van der Waals surface area (Å²) in [5.74, 6) is -0.566. The lowest BCUT2D eigenvalue weighted by Gasteiger charge is -2.14. The zero-order chi connectivity index (χ0) is 21.6. The lowest BCUT2D eigenvalue weighted by Crippen LogP contribution is -2.14. The molecular weight excluding hydrogens is 368 g/mol. The van der Waals surface area contributed by atoms with E-state index in [9.17, 15) is 9.90 Å². The van der Waals surface area contributed by atoms with E-state index in [0.29, 0.717) is 5.41 Å². The second-order valence-corrected chi connectivity index (χ2v) is 10.9. The van der Waals surface area contributed by atoms with Crippen molar-refractivity contribution in [3.05, 3.63) is 34.4 Å². The number of hydrogen-bond acceptors (Lipinski definition) is 1. The molecule has 1 N–H and O–H groups in total. The highest BCUT2D eigenvalue weighted by molar-refractivity contribution is 5.77. The maximum Gasteiger partial charge on any atom is 0.309 e. The van der Waals surface area contributed by atoms with Gasteiger partial charge in [-0.2, -0.15) is 0 Å². The van der Waals surface area contributed by atoms with Gasteiger partial charge in [0.1, 0.15) is 0 Å². The number of carbonyl (C=O) groups is 1. The largest absolute Gasteiger partial charge is 0.481 e. The number of rotatable bonds is 15. The average molecular weight is 413 g/mol. The molecule has 2 nitrogen and oxygen atoms in total. The Bertz CT molecular complexity index is 710. The van der Waals surface area contributed by atoms with Crippen LogP contribution in [0.25, 0.3) is 0 Å². The average Bonchev–Trinajstić information content (AvgIpc) is 3.62. The molecule has 0 heterocycles. The van der Waals surface area contributed by atoms with Gasteiger partial charge in [-0.15, -0.1) is 0 Å². The Morgan fingerprint density at radius 2 is 1.23 bits per heavy atom. The van der Waals surface area contributed by atoms with E-state index in [2.05, 4.69) is 32.9 Å². The fourth-order valence-corrected chi connectivity index (χ4v) is 4.94. The smallest absolute Gasteiger partial charge is 0.309 e. The minimum atomic E-state index is -0.566. The Kier molecular flexibility index (Phi) is 8.04. The molecule has 168 valence electrons. The molecular formula is C28H44O2. The van der Waals surface area contributed by atoms with E-state index in [1.165, 1.54) is 88.2 Å². The summed E-state index contributed by atoms with van der Waals surface area (Å²) in [6.45, 7) is 6.93. The lowest BCUT2D eigenvalue weighted by atomic mass is 9.92. The summed E-state index contributed by atoms with van der Waals surface area (Å²) in [5, 5.41) is 9.29. The van der Waals surface area contributed by atoms with Crippen molar-refractivity contribution in [1.29, 1.82) is 0 Å². The van der Waals surface area contributed by atoms with Crippen molar-refractivity contribution >= 4 is 5.97 Å². The van der Waals surface area contributed by atoms with Gasteiger partial charge in [0.15, 0.2) is 0 Å². The number of unbranched alkanes of at least 4 members (excludes halogenated alkanes) is 6.